The topological polar surface area (TPSA) is 18.5 Å². The number of methoxy groups -OCH3 is 2. The molecule has 0 fully saturated rings. The Balaban J connectivity index is 3.49. The van der Waals surface area contributed by atoms with Crippen molar-refractivity contribution in [3.8, 4) is 12.0 Å². The Morgan fingerprint density at radius 1 is 1.56 bits per heavy atom. The molecule has 50 valence electrons. The molecule has 0 aromatic carbocycles. The summed E-state index contributed by atoms with van der Waals surface area (Å²) in [6.45, 7) is 4.07. The minimum absolute atomic E-state index is 0.469. The first kappa shape index (κ1) is 8.06. The van der Waals surface area contributed by atoms with Crippen molar-refractivity contribution in [1.29, 1.82) is 0 Å². The molecule has 0 radical (unpaired) electrons. The maximum atomic E-state index is 4.74. The molecule has 0 heterocycles. The Hall–Kier alpha value is -0.940. The second-order valence-corrected chi connectivity index (χ2v) is 1.47. The van der Waals surface area contributed by atoms with Crippen molar-refractivity contribution < 1.29 is 9.47 Å². The lowest BCUT2D eigenvalue weighted by atomic mass is 10.3. The van der Waals surface area contributed by atoms with E-state index in [9.17, 15) is 0 Å². The van der Waals surface area contributed by atoms with E-state index in [0.717, 1.165) is 5.57 Å². The quantitative estimate of drug-likeness (QED) is 0.509. The van der Waals surface area contributed by atoms with Gasteiger partial charge >= 0.3 is 0 Å². The molecule has 0 atom stereocenters. The zero-order valence-electron chi connectivity index (χ0n) is 5.73. The van der Waals surface area contributed by atoms with E-state index in [1.165, 1.54) is 7.11 Å². The fourth-order valence-electron chi connectivity index (χ4n) is 0.334. The van der Waals surface area contributed by atoms with E-state index in [1.807, 2.05) is 0 Å². The highest BCUT2D eigenvalue weighted by atomic mass is 16.5. The molecule has 0 spiro atoms. The third kappa shape index (κ3) is 4.92. The molecule has 0 rings (SSSR count). The van der Waals surface area contributed by atoms with E-state index in [-0.39, 0.29) is 0 Å². The van der Waals surface area contributed by atoms with E-state index >= 15 is 0 Å². The van der Waals surface area contributed by atoms with Crippen LogP contribution in [-0.2, 0) is 9.47 Å². The Labute approximate surface area is 55.5 Å². The van der Waals surface area contributed by atoms with Crippen LogP contribution in [0, 0.1) is 12.0 Å². The smallest absolute Gasteiger partial charge is 0.115 e. The largest absolute Gasteiger partial charge is 0.450 e. The normalized spacial score (nSPS) is 7.33. The maximum Gasteiger partial charge on any atom is 0.115 e. The molecule has 0 aromatic heterocycles. The number of hydrogen-bond donors (Lipinski definition) is 0. The van der Waals surface area contributed by atoms with Gasteiger partial charge in [-0.3, -0.25) is 0 Å². The van der Waals surface area contributed by atoms with E-state index in [0.29, 0.717) is 6.61 Å². The Morgan fingerprint density at radius 3 is 2.67 bits per heavy atom. The second kappa shape index (κ2) is 5.20. The van der Waals surface area contributed by atoms with Crippen LogP contribution in [0.15, 0.2) is 12.2 Å². The van der Waals surface area contributed by atoms with Crippen molar-refractivity contribution in [1.82, 2.24) is 0 Å². The Bertz CT molecular complexity index is 139. The van der Waals surface area contributed by atoms with Crippen LogP contribution in [0.25, 0.3) is 0 Å². The van der Waals surface area contributed by atoms with Crippen molar-refractivity contribution in [2.24, 2.45) is 0 Å². The van der Waals surface area contributed by atoms with E-state index in [4.69, 9.17) is 4.74 Å². The molecule has 0 saturated heterocycles. The van der Waals surface area contributed by atoms with Gasteiger partial charge in [0, 0.05) is 12.7 Å². The van der Waals surface area contributed by atoms with Crippen LogP contribution in [0.3, 0.4) is 0 Å². The van der Waals surface area contributed by atoms with Gasteiger partial charge in [0.2, 0.25) is 0 Å². The zero-order chi connectivity index (χ0) is 7.11. The van der Waals surface area contributed by atoms with E-state index in [2.05, 4.69) is 23.3 Å². The molecule has 2 nitrogen and oxygen atoms in total. The van der Waals surface area contributed by atoms with Crippen LogP contribution in [0.4, 0.5) is 0 Å². The standard InChI is InChI=1S/C7H10O2/c1-7(6-9-3)4-5-8-2/h1,6H2,2-3H3. The van der Waals surface area contributed by atoms with Crippen LogP contribution >= 0.6 is 0 Å². The first-order chi connectivity index (χ1) is 4.31. The first-order valence-electron chi connectivity index (χ1n) is 2.52. The number of rotatable bonds is 2. The van der Waals surface area contributed by atoms with E-state index in [1.54, 1.807) is 7.11 Å². The molecule has 0 aliphatic carbocycles. The minimum atomic E-state index is 0.469. The fraction of sp³-hybridized carbons (Fsp3) is 0.429. The maximum absolute atomic E-state index is 4.74. The van der Waals surface area contributed by atoms with Gasteiger partial charge in [-0.15, -0.1) is 0 Å². The predicted octanol–water partition coefficient (Wildman–Crippen LogP) is 0.796. The highest BCUT2D eigenvalue weighted by molar-refractivity contribution is 5.23. The summed E-state index contributed by atoms with van der Waals surface area (Å²) < 4.78 is 9.22. The summed E-state index contributed by atoms with van der Waals surface area (Å²) in [4.78, 5) is 0. The van der Waals surface area contributed by atoms with E-state index < -0.39 is 0 Å². The molecule has 0 aromatic rings. The van der Waals surface area contributed by atoms with Crippen molar-refractivity contribution in [3.63, 3.8) is 0 Å². The molecule has 0 saturated carbocycles. The molecule has 0 unspecified atom stereocenters. The molecular formula is C7H10O2. The molecule has 0 aliphatic rings. The summed E-state index contributed by atoms with van der Waals surface area (Å²) in [6, 6.07) is 0. The molecule has 2 heteroatoms. The van der Waals surface area contributed by atoms with Crippen LogP contribution in [0.2, 0.25) is 0 Å². The number of hydrogen-bond acceptors (Lipinski definition) is 2. The number of ether oxygens (including phenoxy) is 2. The van der Waals surface area contributed by atoms with Gasteiger partial charge in [-0.25, -0.2) is 0 Å². The first-order valence-corrected chi connectivity index (χ1v) is 2.52. The molecule has 0 aliphatic heterocycles. The van der Waals surface area contributed by atoms with Gasteiger partial charge in [-0.05, 0) is 5.92 Å². The highest BCUT2D eigenvalue weighted by Crippen LogP contribution is 1.85. The van der Waals surface area contributed by atoms with Gasteiger partial charge in [-0.2, -0.15) is 0 Å². The SMILES string of the molecule is C=C(C#COC)COC. The van der Waals surface area contributed by atoms with Gasteiger partial charge in [0.15, 0.2) is 0 Å². The summed E-state index contributed by atoms with van der Waals surface area (Å²) >= 11 is 0. The molecule has 0 N–H and O–H groups in total. The molecular weight excluding hydrogens is 116 g/mol. The third-order valence-corrected chi connectivity index (χ3v) is 0.648. The van der Waals surface area contributed by atoms with Crippen molar-refractivity contribution in [2.45, 2.75) is 0 Å². The summed E-state index contributed by atoms with van der Waals surface area (Å²) in [5.74, 6) is 2.64. The van der Waals surface area contributed by atoms with Gasteiger partial charge < -0.3 is 9.47 Å². The van der Waals surface area contributed by atoms with Crippen molar-refractivity contribution in [2.75, 3.05) is 20.8 Å². The lowest BCUT2D eigenvalue weighted by Crippen LogP contribution is -1.88. The predicted molar refractivity (Wildman–Crippen MR) is 35.8 cm³/mol. The molecule has 0 bridgehead atoms. The Kier molecular flexibility index (Phi) is 4.66. The monoisotopic (exact) mass is 126 g/mol. The summed E-state index contributed by atoms with van der Waals surface area (Å²) in [7, 11) is 3.10. The second-order valence-electron chi connectivity index (χ2n) is 1.47. The van der Waals surface area contributed by atoms with Crippen LogP contribution < -0.4 is 0 Å². The zero-order valence-corrected chi connectivity index (χ0v) is 5.73. The molecule has 9 heavy (non-hydrogen) atoms. The van der Waals surface area contributed by atoms with Crippen LogP contribution in [0.5, 0.6) is 0 Å². The highest BCUT2D eigenvalue weighted by Gasteiger charge is 1.82. The molecule has 0 amide bonds. The lowest BCUT2D eigenvalue weighted by molar-refractivity contribution is 0.229. The Morgan fingerprint density at radius 2 is 2.22 bits per heavy atom. The van der Waals surface area contributed by atoms with Gasteiger partial charge in [0.05, 0.1) is 13.7 Å². The summed E-state index contributed by atoms with van der Waals surface area (Å²) in [6.07, 6.45) is 2.40. The summed E-state index contributed by atoms with van der Waals surface area (Å²) in [5, 5.41) is 0. The van der Waals surface area contributed by atoms with Crippen LogP contribution in [0.1, 0.15) is 0 Å². The lowest BCUT2D eigenvalue weighted by Gasteiger charge is -1.90. The van der Waals surface area contributed by atoms with Crippen LogP contribution in [-0.4, -0.2) is 20.8 Å². The van der Waals surface area contributed by atoms with Crippen molar-refractivity contribution >= 4 is 0 Å². The minimum Gasteiger partial charge on any atom is -0.450 e. The van der Waals surface area contributed by atoms with Gasteiger partial charge in [0.1, 0.15) is 6.11 Å². The average Bonchev–Trinajstić information content (AvgIpc) is 1.85. The summed E-state index contributed by atoms with van der Waals surface area (Å²) in [5.41, 5.74) is 0.722. The van der Waals surface area contributed by atoms with Gasteiger partial charge in [0.25, 0.3) is 0 Å². The fourth-order valence-corrected chi connectivity index (χ4v) is 0.334. The van der Waals surface area contributed by atoms with Crippen molar-refractivity contribution in [3.05, 3.63) is 12.2 Å². The average molecular weight is 126 g/mol. The van der Waals surface area contributed by atoms with Gasteiger partial charge in [-0.1, -0.05) is 6.58 Å². The third-order valence-electron chi connectivity index (χ3n) is 0.648.